The third kappa shape index (κ3) is 1.80. The van der Waals surface area contributed by atoms with Gasteiger partial charge in [-0.15, -0.1) is 0 Å². The molecule has 0 radical (unpaired) electrons. The van der Waals surface area contributed by atoms with Crippen LogP contribution in [0.15, 0.2) is 0 Å². The summed E-state index contributed by atoms with van der Waals surface area (Å²) in [5.41, 5.74) is 0.118. The number of rotatable bonds is 2. The second-order valence-corrected chi connectivity index (χ2v) is 3.95. The number of likely N-dealkylation sites (tertiary alicyclic amines) is 1. The molecule has 0 aliphatic carbocycles. The van der Waals surface area contributed by atoms with Gasteiger partial charge in [0.1, 0.15) is 5.78 Å². The van der Waals surface area contributed by atoms with Crippen molar-refractivity contribution in [3.63, 3.8) is 0 Å². The van der Waals surface area contributed by atoms with Crippen LogP contribution in [-0.2, 0) is 4.79 Å². The lowest BCUT2D eigenvalue weighted by Gasteiger charge is -2.29. The zero-order valence-electron chi connectivity index (χ0n) is 7.68. The number of carbonyl (C=O) groups excluding carboxylic acids is 1. The minimum atomic E-state index is 0.118. The molecule has 0 aromatic rings. The highest BCUT2D eigenvalue weighted by atomic mass is 16.1. The number of ketones is 1. The summed E-state index contributed by atoms with van der Waals surface area (Å²) < 4.78 is 0. The topological polar surface area (TPSA) is 20.3 Å². The van der Waals surface area contributed by atoms with E-state index in [-0.39, 0.29) is 5.54 Å². The van der Waals surface area contributed by atoms with Gasteiger partial charge in [-0.05, 0) is 26.8 Å². The van der Waals surface area contributed by atoms with Crippen LogP contribution in [0.5, 0.6) is 0 Å². The summed E-state index contributed by atoms with van der Waals surface area (Å²) in [6.07, 6.45) is 1.86. The Morgan fingerprint density at radius 2 is 2.18 bits per heavy atom. The maximum absolute atomic E-state index is 11.1. The highest BCUT2D eigenvalue weighted by Gasteiger charge is 2.36. The fourth-order valence-corrected chi connectivity index (χ4v) is 1.73. The number of carbonyl (C=O) groups is 1. The number of hydrogen-bond acceptors (Lipinski definition) is 2. The van der Waals surface area contributed by atoms with Crippen LogP contribution >= 0.6 is 0 Å². The molecule has 0 atom stereocenters. The van der Waals surface area contributed by atoms with Gasteiger partial charge >= 0.3 is 0 Å². The summed E-state index contributed by atoms with van der Waals surface area (Å²) in [5.74, 6) is 0.392. The molecular weight excluding hydrogens is 138 g/mol. The Labute approximate surface area is 68.6 Å². The van der Waals surface area contributed by atoms with E-state index in [9.17, 15) is 4.79 Å². The SMILES string of the molecule is CCCN1CC(=O)CC1(C)C. The molecule has 0 aromatic heterocycles. The van der Waals surface area contributed by atoms with Crippen molar-refractivity contribution in [1.82, 2.24) is 4.90 Å². The molecule has 1 aliphatic rings. The number of nitrogens with zero attached hydrogens (tertiary/aromatic N) is 1. The minimum Gasteiger partial charge on any atom is -0.298 e. The van der Waals surface area contributed by atoms with Gasteiger partial charge in [-0.25, -0.2) is 0 Å². The smallest absolute Gasteiger partial charge is 0.148 e. The molecule has 0 aromatic carbocycles. The second-order valence-electron chi connectivity index (χ2n) is 3.95. The third-order valence-electron chi connectivity index (χ3n) is 2.35. The molecule has 1 aliphatic heterocycles. The molecule has 0 unspecified atom stereocenters. The van der Waals surface area contributed by atoms with Crippen LogP contribution in [0.3, 0.4) is 0 Å². The van der Waals surface area contributed by atoms with E-state index < -0.39 is 0 Å². The quantitative estimate of drug-likeness (QED) is 0.601. The predicted molar refractivity (Wildman–Crippen MR) is 45.6 cm³/mol. The van der Waals surface area contributed by atoms with E-state index in [0.717, 1.165) is 19.4 Å². The molecule has 0 bridgehead atoms. The fourth-order valence-electron chi connectivity index (χ4n) is 1.73. The van der Waals surface area contributed by atoms with Gasteiger partial charge < -0.3 is 0 Å². The van der Waals surface area contributed by atoms with E-state index in [4.69, 9.17) is 0 Å². The highest BCUT2D eigenvalue weighted by molar-refractivity contribution is 5.83. The fraction of sp³-hybridized carbons (Fsp3) is 0.889. The Morgan fingerprint density at radius 1 is 1.55 bits per heavy atom. The Hall–Kier alpha value is -0.370. The predicted octanol–water partition coefficient (Wildman–Crippen LogP) is 1.45. The molecule has 1 saturated heterocycles. The Morgan fingerprint density at radius 3 is 2.55 bits per heavy atom. The highest BCUT2D eigenvalue weighted by Crippen LogP contribution is 2.25. The zero-order chi connectivity index (χ0) is 8.48. The summed E-state index contributed by atoms with van der Waals surface area (Å²) in [6.45, 7) is 8.17. The Balaban J connectivity index is 2.58. The molecule has 11 heavy (non-hydrogen) atoms. The van der Waals surface area contributed by atoms with Crippen molar-refractivity contribution in [2.24, 2.45) is 0 Å². The second kappa shape index (κ2) is 2.94. The first-order valence-corrected chi connectivity index (χ1v) is 4.33. The largest absolute Gasteiger partial charge is 0.298 e. The van der Waals surface area contributed by atoms with Gasteiger partial charge in [0.25, 0.3) is 0 Å². The van der Waals surface area contributed by atoms with Gasteiger partial charge in [-0.1, -0.05) is 6.92 Å². The summed E-state index contributed by atoms with van der Waals surface area (Å²) in [7, 11) is 0. The van der Waals surface area contributed by atoms with E-state index in [0.29, 0.717) is 12.3 Å². The van der Waals surface area contributed by atoms with E-state index in [1.165, 1.54) is 0 Å². The summed E-state index contributed by atoms with van der Waals surface area (Å²) in [5, 5.41) is 0. The van der Waals surface area contributed by atoms with E-state index in [1.807, 2.05) is 0 Å². The summed E-state index contributed by atoms with van der Waals surface area (Å²) in [6, 6.07) is 0. The number of hydrogen-bond donors (Lipinski definition) is 0. The molecule has 64 valence electrons. The molecule has 0 spiro atoms. The van der Waals surface area contributed by atoms with Crippen LogP contribution in [0.2, 0.25) is 0 Å². The van der Waals surface area contributed by atoms with Crippen molar-refractivity contribution in [2.45, 2.75) is 39.2 Å². The van der Waals surface area contributed by atoms with Crippen molar-refractivity contribution in [2.75, 3.05) is 13.1 Å². The lowest BCUT2D eigenvalue weighted by atomic mass is 10.0. The zero-order valence-corrected chi connectivity index (χ0v) is 7.68. The maximum Gasteiger partial charge on any atom is 0.148 e. The average molecular weight is 155 g/mol. The molecule has 0 amide bonds. The first-order valence-electron chi connectivity index (χ1n) is 4.33. The van der Waals surface area contributed by atoms with Crippen molar-refractivity contribution in [3.8, 4) is 0 Å². The molecule has 1 fully saturated rings. The monoisotopic (exact) mass is 155 g/mol. The van der Waals surface area contributed by atoms with Crippen LogP contribution in [0.4, 0.5) is 0 Å². The van der Waals surface area contributed by atoms with Crippen LogP contribution in [-0.4, -0.2) is 29.3 Å². The minimum absolute atomic E-state index is 0.118. The first-order chi connectivity index (χ1) is 5.06. The molecule has 1 rings (SSSR count). The average Bonchev–Trinajstić information content (AvgIpc) is 2.07. The lowest BCUT2D eigenvalue weighted by Crippen LogP contribution is -2.38. The first kappa shape index (κ1) is 8.72. The lowest BCUT2D eigenvalue weighted by molar-refractivity contribution is -0.117. The summed E-state index contributed by atoms with van der Waals surface area (Å²) in [4.78, 5) is 13.4. The maximum atomic E-state index is 11.1. The number of Topliss-reactive ketones (excluding diaryl/α,β-unsaturated/α-hetero) is 1. The van der Waals surface area contributed by atoms with Crippen LogP contribution in [0.1, 0.15) is 33.6 Å². The van der Waals surface area contributed by atoms with Gasteiger partial charge in [0.2, 0.25) is 0 Å². The van der Waals surface area contributed by atoms with Gasteiger partial charge in [-0.2, -0.15) is 0 Å². The molecule has 2 nitrogen and oxygen atoms in total. The summed E-state index contributed by atoms with van der Waals surface area (Å²) >= 11 is 0. The molecule has 2 heteroatoms. The van der Waals surface area contributed by atoms with Crippen LogP contribution in [0.25, 0.3) is 0 Å². The molecule has 0 saturated carbocycles. The third-order valence-corrected chi connectivity index (χ3v) is 2.35. The van der Waals surface area contributed by atoms with Gasteiger partial charge in [0.05, 0.1) is 6.54 Å². The molecule has 0 N–H and O–H groups in total. The van der Waals surface area contributed by atoms with E-state index in [2.05, 4.69) is 25.7 Å². The Bertz CT molecular complexity index is 163. The van der Waals surface area contributed by atoms with Crippen LogP contribution < -0.4 is 0 Å². The Kier molecular flexibility index (Phi) is 2.33. The molecular formula is C9H17NO. The van der Waals surface area contributed by atoms with Crippen molar-refractivity contribution < 1.29 is 4.79 Å². The molecule has 1 heterocycles. The van der Waals surface area contributed by atoms with Crippen LogP contribution in [0, 0.1) is 0 Å². The van der Waals surface area contributed by atoms with Crippen molar-refractivity contribution in [3.05, 3.63) is 0 Å². The van der Waals surface area contributed by atoms with Crippen molar-refractivity contribution >= 4 is 5.78 Å². The van der Waals surface area contributed by atoms with E-state index in [1.54, 1.807) is 0 Å². The van der Waals surface area contributed by atoms with E-state index >= 15 is 0 Å². The standard InChI is InChI=1S/C9H17NO/c1-4-5-10-7-8(11)6-9(10,2)3/h4-7H2,1-3H3. The van der Waals surface area contributed by atoms with Gasteiger partial charge in [-0.3, -0.25) is 9.69 Å². The van der Waals surface area contributed by atoms with Gasteiger partial charge in [0, 0.05) is 12.0 Å². The normalized spacial score (nSPS) is 24.5. The van der Waals surface area contributed by atoms with Crippen molar-refractivity contribution in [1.29, 1.82) is 0 Å². The van der Waals surface area contributed by atoms with Gasteiger partial charge in [0.15, 0.2) is 0 Å².